The van der Waals surface area contributed by atoms with Crippen LogP contribution in [0.5, 0.6) is 0 Å². The van der Waals surface area contributed by atoms with Crippen molar-refractivity contribution in [3.05, 3.63) is 65.2 Å². The predicted octanol–water partition coefficient (Wildman–Crippen LogP) is 2.41. The highest BCUT2D eigenvalue weighted by molar-refractivity contribution is 5.80. The summed E-state index contributed by atoms with van der Waals surface area (Å²) in [5.41, 5.74) is 2.61. The van der Waals surface area contributed by atoms with E-state index in [4.69, 9.17) is 0 Å². The smallest absolute Gasteiger partial charge is 0.227 e. The van der Waals surface area contributed by atoms with Gasteiger partial charge in [-0.2, -0.15) is 0 Å². The number of β-amino-alcohol motifs (C(OH)–C–C–N with tert-alkyl or cyclic N) is 1. The molecule has 0 unspecified atom stereocenters. The number of amides is 1. The Kier molecular flexibility index (Phi) is 4.39. The average molecular weight is 314 g/mol. The van der Waals surface area contributed by atoms with Gasteiger partial charge >= 0.3 is 0 Å². The molecule has 120 valence electrons. The summed E-state index contributed by atoms with van der Waals surface area (Å²) in [6.45, 7) is 2.20. The van der Waals surface area contributed by atoms with E-state index in [1.54, 1.807) is 29.4 Å². The third-order valence-corrected chi connectivity index (χ3v) is 4.31. The molecule has 1 aliphatic heterocycles. The first-order valence-corrected chi connectivity index (χ1v) is 7.67. The molecule has 23 heavy (non-hydrogen) atoms. The second kappa shape index (κ2) is 6.46. The highest BCUT2D eigenvalue weighted by atomic mass is 19.1. The Labute approximate surface area is 134 Å². The first-order chi connectivity index (χ1) is 11.0. The molecule has 2 aromatic rings. The second-order valence-electron chi connectivity index (χ2n) is 5.99. The van der Waals surface area contributed by atoms with Gasteiger partial charge in [0.1, 0.15) is 5.82 Å². The first kappa shape index (κ1) is 15.6. The van der Waals surface area contributed by atoms with Gasteiger partial charge in [0.25, 0.3) is 0 Å². The number of benzene rings is 1. The first-order valence-electron chi connectivity index (χ1n) is 7.67. The lowest BCUT2D eigenvalue weighted by molar-refractivity contribution is -0.131. The topological polar surface area (TPSA) is 53.4 Å². The van der Waals surface area contributed by atoms with Crippen molar-refractivity contribution in [2.24, 2.45) is 0 Å². The van der Waals surface area contributed by atoms with E-state index in [1.807, 2.05) is 13.0 Å². The number of hydrogen-bond acceptors (Lipinski definition) is 3. The van der Waals surface area contributed by atoms with E-state index < -0.39 is 6.10 Å². The van der Waals surface area contributed by atoms with Crippen LogP contribution in [0.1, 0.15) is 29.2 Å². The number of aromatic nitrogens is 1. The molecule has 1 N–H and O–H groups in total. The Morgan fingerprint density at radius 2 is 2.26 bits per heavy atom. The van der Waals surface area contributed by atoms with Gasteiger partial charge in [-0.1, -0.05) is 12.1 Å². The largest absolute Gasteiger partial charge is 0.391 e. The summed E-state index contributed by atoms with van der Waals surface area (Å²) < 4.78 is 13.5. The van der Waals surface area contributed by atoms with Gasteiger partial charge in [0.15, 0.2) is 0 Å². The Morgan fingerprint density at radius 3 is 3.00 bits per heavy atom. The van der Waals surface area contributed by atoms with E-state index in [0.717, 1.165) is 16.7 Å². The fourth-order valence-corrected chi connectivity index (χ4v) is 3.08. The minimum Gasteiger partial charge on any atom is -0.391 e. The molecule has 1 amide bonds. The van der Waals surface area contributed by atoms with Crippen LogP contribution in [-0.4, -0.2) is 33.5 Å². The SMILES string of the molecule is Cc1cnccc1CC(=O)N1C[C@H](O)C[C@@H]1c1cccc(F)c1. The van der Waals surface area contributed by atoms with Crippen molar-refractivity contribution in [1.29, 1.82) is 0 Å². The monoisotopic (exact) mass is 314 g/mol. The molecule has 0 radical (unpaired) electrons. The predicted molar refractivity (Wildman–Crippen MR) is 84.2 cm³/mol. The van der Waals surface area contributed by atoms with Crippen LogP contribution >= 0.6 is 0 Å². The van der Waals surface area contributed by atoms with Gasteiger partial charge in [-0.25, -0.2) is 4.39 Å². The molecule has 2 heterocycles. The number of aryl methyl sites for hydroxylation is 1. The summed E-state index contributed by atoms with van der Waals surface area (Å²) in [7, 11) is 0. The average Bonchev–Trinajstić information content (AvgIpc) is 2.92. The summed E-state index contributed by atoms with van der Waals surface area (Å²) in [6, 6.07) is 7.78. The third kappa shape index (κ3) is 3.40. The zero-order chi connectivity index (χ0) is 16.4. The van der Waals surface area contributed by atoms with Crippen LogP contribution in [0.2, 0.25) is 0 Å². The summed E-state index contributed by atoms with van der Waals surface area (Å²) in [4.78, 5) is 18.4. The van der Waals surface area contributed by atoms with Crippen LogP contribution in [0, 0.1) is 12.7 Å². The maximum Gasteiger partial charge on any atom is 0.227 e. The molecule has 0 saturated carbocycles. The summed E-state index contributed by atoms with van der Waals surface area (Å²) in [6.07, 6.45) is 3.51. The van der Waals surface area contributed by atoms with Crippen molar-refractivity contribution in [2.45, 2.75) is 31.9 Å². The van der Waals surface area contributed by atoms with E-state index in [9.17, 15) is 14.3 Å². The van der Waals surface area contributed by atoms with Crippen molar-refractivity contribution in [1.82, 2.24) is 9.88 Å². The van der Waals surface area contributed by atoms with Crippen molar-refractivity contribution >= 4 is 5.91 Å². The summed E-state index contributed by atoms with van der Waals surface area (Å²) in [5.74, 6) is -0.397. The standard InChI is InChI=1S/C18H19FN2O2/c1-12-10-20-6-5-13(12)8-18(23)21-11-16(22)9-17(21)14-3-2-4-15(19)7-14/h2-7,10,16-17,22H,8-9,11H2,1H3/t16-,17-/m1/s1. The van der Waals surface area contributed by atoms with Crippen LogP contribution in [-0.2, 0) is 11.2 Å². The number of carbonyl (C=O) groups is 1. The number of rotatable bonds is 3. The van der Waals surface area contributed by atoms with Gasteiger partial charge < -0.3 is 10.0 Å². The molecule has 0 aliphatic carbocycles. The Balaban J connectivity index is 1.82. The van der Waals surface area contributed by atoms with Crippen LogP contribution in [0.25, 0.3) is 0 Å². The minimum atomic E-state index is -0.578. The highest BCUT2D eigenvalue weighted by Gasteiger charge is 2.35. The fourth-order valence-electron chi connectivity index (χ4n) is 3.08. The van der Waals surface area contributed by atoms with Crippen molar-refractivity contribution in [2.75, 3.05) is 6.54 Å². The van der Waals surface area contributed by atoms with Crippen molar-refractivity contribution in [3.63, 3.8) is 0 Å². The molecule has 1 saturated heterocycles. The molecular formula is C18H19FN2O2. The second-order valence-corrected chi connectivity index (χ2v) is 5.99. The van der Waals surface area contributed by atoms with Gasteiger partial charge in [-0.15, -0.1) is 0 Å². The number of hydrogen-bond donors (Lipinski definition) is 1. The molecule has 0 spiro atoms. The van der Waals surface area contributed by atoms with Crippen LogP contribution in [0.15, 0.2) is 42.7 Å². The van der Waals surface area contributed by atoms with Gasteiger partial charge in [0.2, 0.25) is 5.91 Å². The fraction of sp³-hybridized carbons (Fsp3) is 0.333. The number of aliphatic hydroxyl groups is 1. The number of carbonyl (C=O) groups excluding carboxylic acids is 1. The van der Waals surface area contributed by atoms with E-state index >= 15 is 0 Å². The Bertz CT molecular complexity index is 720. The normalized spacial score (nSPS) is 20.7. The Morgan fingerprint density at radius 1 is 1.43 bits per heavy atom. The number of aliphatic hydroxyl groups excluding tert-OH is 1. The minimum absolute atomic E-state index is 0.0647. The number of halogens is 1. The summed E-state index contributed by atoms with van der Waals surface area (Å²) >= 11 is 0. The van der Waals surface area contributed by atoms with Gasteiger partial charge in [-0.05, 0) is 48.2 Å². The lowest BCUT2D eigenvalue weighted by Crippen LogP contribution is -2.33. The van der Waals surface area contributed by atoms with Gasteiger partial charge in [-0.3, -0.25) is 9.78 Å². The molecule has 1 fully saturated rings. The van der Waals surface area contributed by atoms with Crippen LogP contribution < -0.4 is 0 Å². The molecule has 2 atom stereocenters. The lowest BCUT2D eigenvalue weighted by atomic mass is 10.0. The molecule has 1 aliphatic rings. The molecular weight excluding hydrogens is 295 g/mol. The zero-order valence-electron chi connectivity index (χ0n) is 12.9. The zero-order valence-corrected chi connectivity index (χ0v) is 12.9. The maximum absolute atomic E-state index is 13.5. The molecule has 4 nitrogen and oxygen atoms in total. The highest BCUT2D eigenvalue weighted by Crippen LogP contribution is 2.33. The number of nitrogens with zero attached hydrogens (tertiary/aromatic N) is 2. The van der Waals surface area contributed by atoms with E-state index in [-0.39, 0.29) is 30.7 Å². The quantitative estimate of drug-likeness (QED) is 0.946. The third-order valence-electron chi connectivity index (χ3n) is 4.31. The Hall–Kier alpha value is -2.27. The van der Waals surface area contributed by atoms with Crippen LogP contribution in [0.3, 0.4) is 0 Å². The van der Waals surface area contributed by atoms with Crippen LogP contribution in [0.4, 0.5) is 4.39 Å². The van der Waals surface area contributed by atoms with E-state index in [2.05, 4.69) is 4.98 Å². The van der Waals surface area contributed by atoms with Crippen molar-refractivity contribution < 1.29 is 14.3 Å². The van der Waals surface area contributed by atoms with E-state index in [1.165, 1.54) is 12.1 Å². The number of pyridine rings is 1. The van der Waals surface area contributed by atoms with Crippen molar-refractivity contribution in [3.8, 4) is 0 Å². The van der Waals surface area contributed by atoms with Gasteiger partial charge in [0.05, 0.1) is 18.6 Å². The molecule has 0 bridgehead atoms. The van der Waals surface area contributed by atoms with Gasteiger partial charge in [0, 0.05) is 18.9 Å². The number of likely N-dealkylation sites (tertiary alicyclic amines) is 1. The molecule has 5 heteroatoms. The maximum atomic E-state index is 13.5. The lowest BCUT2D eigenvalue weighted by Gasteiger charge is -2.25. The molecule has 1 aromatic heterocycles. The summed E-state index contributed by atoms with van der Waals surface area (Å²) in [5, 5.41) is 9.97. The van der Waals surface area contributed by atoms with E-state index in [0.29, 0.717) is 6.42 Å². The molecule has 3 rings (SSSR count). The molecule has 1 aromatic carbocycles.